The van der Waals surface area contributed by atoms with Gasteiger partial charge in [0.05, 0.1) is 14.6 Å². The number of para-hydroxylation sites is 2. The summed E-state index contributed by atoms with van der Waals surface area (Å²) in [6, 6.07) is 11.0. The molecule has 0 spiro atoms. The topological polar surface area (TPSA) is 75.2 Å². The van der Waals surface area contributed by atoms with Crippen molar-refractivity contribution in [2.75, 3.05) is 0 Å². The summed E-state index contributed by atoms with van der Waals surface area (Å²) in [6.45, 7) is 0.0228. The summed E-state index contributed by atoms with van der Waals surface area (Å²) < 4.78 is 6.70. The van der Waals surface area contributed by atoms with E-state index in [1.807, 2.05) is 46.9 Å². The average molecular weight is 520 g/mol. The normalized spacial score (nSPS) is 10.8. The van der Waals surface area contributed by atoms with Crippen molar-refractivity contribution in [1.29, 1.82) is 0 Å². The van der Waals surface area contributed by atoms with Crippen molar-refractivity contribution in [3.63, 3.8) is 0 Å². The summed E-state index contributed by atoms with van der Waals surface area (Å²) in [5.41, 5.74) is 1.87. The monoisotopic (exact) mass is 520 g/mol. The fraction of sp³-hybridized carbons (Fsp3) is 0.0667. The van der Waals surface area contributed by atoms with Gasteiger partial charge >= 0.3 is 5.97 Å². The lowest BCUT2D eigenvalue weighted by Crippen LogP contribution is -2.07. The third-order valence-electron chi connectivity index (χ3n) is 3.03. The van der Waals surface area contributed by atoms with Gasteiger partial charge in [0, 0.05) is 3.57 Å². The van der Waals surface area contributed by atoms with E-state index < -0.39 is 5.97 Å². The Labute approximate surface area is 153 Å². The summed E-state index contributed by atoms with van der Waals surface area (Å²) in [5.74, 6) is -0.0700. The van der Waals surface area contributed by atoms with Gasteiger partial charge in [-0.1, -0.05) is 12.1 Å². The van der Waals surface area contributed by atoms with E-state index in [-0.39, 0.29) is 17.9 Å². The third-order valence-corrected chi connectivity index (χ3v) is 4.47. The van der Waals surface area contributed by atoms with Crippen LogP contribution in [0.2, 0.25) is 0 Å². The molecule has 1 heterocycles. The number of phenols is 1. The van der Waals surface area contributed by atoms with Gasteiger partial charge in [-0.2, -0.15) is 0 Å². The van der Waals surface area contributed by atoms with Crippen molar-refractivity contribution < 1.29 is 14.6 Å². The van der Waals surface area contributed by atoms with Crippen molar-refractivity contribution in [2.24, 2.45) is 0 Å². The molecule has 0 saturated carbocycles. The van der Waals surface area contributed by atoms with Crippen LogP contribution >= 0.6 is 45.2 Å². The third kappa shape index (κ3) is 3.19. The predicted octanol–water partition coefficient (Wildman–Crippen LogP) is 3.83. The lowest BCUT2D eigenvalue weighted by molar-refractivity contribution is 0.0460. The highest BCUT2D eigenvalue weighted by molar-refractivity contribution is 14.1. The van der Waals surface area contributed by atoms with E-state index in [9.17, 15) is 9.90 Å². The van der Waals surface area contributed by atoms with Crippen LogP contribution in [0.1, 0.15) is 16.2 Å². The Hall–Kier alpha value is -1.36. The van der Waals surface area contributed by atoms with E-state index in [0.717, 1.165) is 14.6 Å². The zero-order valence-corrected chi connectivity index (χ0v) is 15.5. The first-order chi connectivity index (χ1) is 10.5. The molecule has 0 saturated heterocycles. The number of aromatic amines is 1. The Morgan fingerprint density at radius 3 is 2.82 bits per heavy atom. The number of aromatic hydroxyl groups is 1. The van der Waals surface area contributed by atoms with Gasteiger partial charge in [0.25, 0.3) is 0 Å². The number of rotatable bonds is 3. The van der Waals surface area contributed by atoms with Crippen molar-refractivity contribution in [1.82, 2.24) is 9.97 Å². The second-order valence-electron chi connectivity index (χ2n) is 4.56. The van der Waals surface area contributed by atoms with Crippen molar-refractivity contribution in [3.05, 3.63) is 54.9 Å². The van der Waals surface area contributed by atoms with Crippen LogP contribution in [0.25, 0.3) is 11.0 Å². The molecule has 0 fully saturated rings. The molecule has 0 aliphatic rings. The minimum absolute atomic E-state index is 0.0228. The minimum atomic E-state index is -0.575. The summed E-state index contributed by atoms with van der Waals surface area (Å²) in [7, 11) is 0. The lowest BCUT2D eigenvalue weighted by atomic mass is 10.2. The zero-order chi connectivity index (χ0) is 15.7. The number of nitrogens with zero attached hydrogens (tertiary/aromatic N) is 1. The van der Waals surface area contributed by atoms with Gasteiger partial charge < -0.3 is 14.8 Å². The van der Waals surface area contributed by atoms with E-state index in [1.165, 1.54) is 0 Å². The molecule has 5 nitrogen and oxygen atoms in total. The van der Waals surface area contributed by atoms with Crippen LogP contribution < -0.4 is 0 Å². The number of aromatic nitrogens is 2. The van der Waals surface area contributed by atoms with Crippen molar-refractivity contribution in [2.45, 2.75) is 6.61 Å². The average Bonchev–Trinajstić information content (AvgIpc) is 2.91. The summed E-state index contributed by atoms with van der Waals surface area (Å²) >= 11 is 4.07. The highest BCUT2D eigenvalue weighted by atomic mass is 127. The van der Waals surface area contributed by atoms with E-state index >= 15 is 0 Å². The Morgan fingerprint density at radius 2 is 2.05 bits per heavy atom. The fourth-order valence-corrected chi connectivity index (χ4v) is 3.85. The summed E-state index contributed by atoms with van der Waals surface area (Å²) in [4.78, 5) is 19.6. The smallest absolute Gasteiger partial charge is 0.342 e. The maximum Gasteiger partial charge on any atom is 0.342 e. The van der Waals surface area contributed by atoms with Crippen LogP contribution in [0.4, 0.5) is 0 Å². The standard InChI is InChI=1S/C15H10I2N2O3/c16-8-5-9(14(20)10(17)6-8)15(21)22-7-13-18-11-3-1-2-4-12(11)19-13/h1-6,20H,7H2,(H,18,19). The molecule has 0 aliphatic carbocycles. The Balaban J connectivity index is 1.77. The lowest BCUT2D eigenvalue weighted by Gasteiger charge is -2.07. The molecule has 2 aromatic carbocycles. The number of nitrogens with one attached hydrogen (secondary N) is 1. The predicted molar refractivity (Wildman–Crippen MR) is 98.8 cm³/mol. The van der Waals surface area contributed by atoms with Crippen LogP contribution in [-0.2, 0) is 11.3 Å². The quantitative estimate of drug-likeness (QED) is 0.407. The summed E-state index contributed by atoms with van der Waals surface area (Å²) in [5, 5.41) is 9.97. The van der Waals surface area contributed by atoms with Crippen LogP contribution in [0, 0.1) is 7.14 Å². The first-order valence-electron chi connectivity index (χ1n) is 6.33. The fourth-order valence-electron chi connectivity index (χ4n) is 2.01. The first kappa shape index (κ1) is 15.5. The number of phenolic OH excluding ortho intramolecular Hbond substituents is 1. The number of halogens is 2. The number of esters is 1. The van der Waals surface area contributed by atoms with Gasteiger partial charge in [0.15, 0.2) is 0 Å². The van der Waals surface area contributed by atoms with E-state index in [2.05, 4.69) is 32.6 Å². The second-order valence-corrected chi connectivity index (χ2v) is 6.97. The minimum Gasteiger partial charge on any atom is -0.506 e. The molecule has 7 heteroatoms. The number of hydrogen-bond donors (Lipinski definition) is 2. The molecule has 112 valence electrons. The second kappa shape index (κ2) is 6.41. The number of imidazole rings is 1. The van der Waals surface area contributed by atoms with Crippen LogP contribution in [0.3, 0.4) is 0 Å². The molecule has 22 heavy (non-hydrogen) atoms. The van der Waals surface area contributed by atoms with Crippen molar-refractivity contribution in [3.8, 4) is 5.75 Å². The zero-order valence-electron chi connectivity index (χ0n) is 11.1. The van der Waals surface area contributed by atoms with Crippen molar-refractivity contribution >= 4 is 62.2 Å². The molecule has 2 N–H and O–H groups in total. The van der Waals surface area contributed by atoms with Crippen LogP contribution in [0.5, 0.6) is 5.75 Å². The molecule has 0 aliphatic heterocycles. The first-order valence-corrected chi connectivity index (χ1v) is 8.49. The molecular formula is C15H10I2N2O3. The Bertz CT molecular complexity index is 828. The Kier molecular flexibility index (Phi) is 4.52. The number of fused-ring (bicyclic) bond motifs is 1. The largest absolute Gasteiger partial charge is 0.506 e. The molecule has 0 atom stereocenters. The number of benzene rings is 2. The maximum absolute atomic E-state index is 12.1. The highest BCUT2D eigenvalue weighted by Crippen LogP contribution is 2.27. The van der Waals surface area contributed by atoms with Gasteiger partial charge in [-0.15, -0.1) is 0 Å². The number of H-pyrrole nitrogens is 1. The van der Waals surface area contributed by atoms with Crippen LogP contribution in [-0.4, -0.2) is 21.0 Å². The molecule has 0 amide bonds. The van der Waals surface area contributed by atoms with Gasteiger partial charge in [-0.3, -0.25) is 0 Å². The molecule has 0 unspecified atom stereocenters. The number of ether oxygens (including phenoxy) is 1. The Morgan fingerprint density at radius 1 is 1.27 bits per heavy atom. The number of carbonyl (C=O) groups excluding carboxylic acids is 1. The number of carbonyl (C=O) groups is 1. The SMILES string of the molecule is O=C(OCc1nc2ccccc2[nH]1)c1cc(I)cc(I)c1O. The molecule has 0 radical (unpaired) electrons. The van der Waals surface area contributed by atoms with E-state index in [0.29, 0.717) is 9.39 Å². The number of hydrogen-bond acceptors (Lipinski definition) is 4. The summed E-state index contributed by atoms with van der Waals surface area (Å²) in [6.07, 6.45) is 0. The molecule has 1 aromatic heterocycles. The van der Waals surface area contributed by atoms with Gasteiger partial charge in [-0.25, -0.2) is 9.78 Å². The maximum atomic E-state index is 12.1. The van der Waals surface area contributed by atoms with Gasteiger partial charge in [0.2, 0.25) is 0 Å². The highest BCUT2D eigenvalue weighted by Gasteiger charge is 2.17. The van der Waals surface area contributed by atoms with E-state index in [1.54, 1.807) is 12.1 Å². The van der Waals surface area contributed by atoms with Gasteiger partial charge in [-0.05, 0) is 69.4 Å². The van der Waals surface area contributed by atoms with Crippen LogP contribution in [0.15, 0.2) is 36.4 Å². The molecular weight excluding hydrogens is 510 g/mol. The molecule has 3 aromatic rings. The molecule has 3 rings (SSSR count). The molecule has 0 bridgehead atoms. The van der Waals surface area contributed by atoms with Gasteiger partial charge in [0.1, 0.15) is 23.7 Å². The van der Waals surface area contributed by atoms with E-state index in [4.69, 9.17) is 4.74 Å².